The van der Waals surface area contributed by atoms with Crippen molar-refractivity contribution in [2.24, 2.45) is 5.41 Å². The van der Waals surface area contributed by atoms with E-state index in [9.17, 15) is 12.8 Å². The summed E-state index contributed by atoms with van der Waals surface area (Å²) in [6.45, 7) is 4.82. The number of piperidine rings is 2. The highest BCUT2D eigenvalue weighted by Gasteiger charge is 2.44. The van der Waals surface area contributed by atoms with Gasteiger partial charge in [0.05, 0.1) is 16.3 Å². The van der Waals surface area contributed by atoms with Gasteiger partial charge < -0.3 is 10.2 Å². The lowest BCUT2D eigenvalue weighted by molar-refractivity contribution is 0.138. The molecule has 1 aromatic heterocycles. The minimum absolute atomic E-state index is 0.104. The lowest BCUT2D eigenvalue weighted by atomic mass is 9.68. The van der Waals surface area contributed by atoms with Crippen molar-refractivity contribution in [2.75, 3.05) is 32.7 Å². The fourth-order valence-corrected chi connectivity index (χ4v) is 7.49. The summed E-state index contributed by atoms with van der Waals surface area (Å²) in [5.74, 6) is -0.339. The molecule has 3 heterocycles. The van der Waals surface area contributed by atoms with Crippen LogP contribution < -0.4 is 5.32 Å². The van der Waals surface area contributed by atoms with Crippen LogP contribution in [0.25, 0.3) is 11.8 Å². The van der Waals surface area contributed by atoms with Gasteiger partial charge in [-0.2, -0.15) is 5.10 Å². The molecule has 1 N–H and O–H groups in total. The zero-order valence-electron chi connectivity index (χ0n) is 20.3. The molecule has 6 nitrogen and oxygen atoms in total. The van der Waals surface area contributed by atoms with Gasteiger partial charge in [0.25, 0.3) is 0 Å². The van der Waals surface area contributed by atoms with Crippen molar-refractivity contribution in [3.8, 4) is 5.69 Å². The molecule has 0 bridgehead atoms. The molecule has 2 fully saturated rings. The molecule has 3 aromatic rings. The van der Waals surface area contributed by atoms with E-state index in [1.165, 1.54) is 37.0 Å². The number of benzene rings is 2. The van der Waals surface area contributed by atoms with Gasteiger partial charge in [0.1, 0.15) is 5.82 Å². The van der Waals surface area contributed by atoms with Crippen molar-refractivity contribution in [2.45, 2.75) is 42.0 Å². The van der Waals surface area contributed by atoms with Gasteiger partial charge in [-0.3, -0.25) is 0 Å². The van der Waals surface area contributed by atoms with Crippen molar-refractivity contribution >= 4 is 15.9 Å². The number of likely N-dealkylation sites (tertiary alicyclic amines) is 1. The smallest absolute Gasteiger partial charge is 0.225 e. The Labute approximate surface area is 211 Å². The second-order valence-electron chi connectivity index (χ2n) is 10.3. The van der Waals surface area contributed by atoms with E-state index in [-0.39, 0.29) is 21.2 Å². The zero-order valence-corrected chi connectivity index (χ0v) is 21.1. The molecule has 2 saturated heterocycles. The van der Waals surface area contributed by atoms with Crippen molar-refractivity contribution in [3.05, 3.63) is 77.2 Å². The summed E-state index contributed by atoms with van der Waals surface area (Å²) >= 11 is 0. The third kappa shape index (κ3) is 4.11. The van der Waals surface area contributed by atoms with Crippen LogP contribution >= 0.6 is 0 Å². The summed E-state index contributed by atoms with van der Waals surface area (Å²) in [5.41, 5.74) is 3.39. The summed E-state index contributed by atoms with van der Waals surface area (Å²) in [6.07, 6.45) is 7.40. The normalized spacial score (nSPS) is 22.5. The number of hydrogen-bond acceptors (Lipinski definition) is 5. The minimum Gasteiger partial charge on any atom is -0.315 e. The van der Waals surface area contributed by atoms with E-state index in [1.807, 2.05) is 6.07 Å². The number of sulfone groups is 1. The Morgan fingerprint density at radius 3 is 2.50 bits per heavy atom. The zero-order chi connectivity index (χ0) is 24.8. The van der Waals surface area contributed by atoms with Gasteiger partial charge >= 0.3 is 0 Å². The van der Waals surface area contributed by atoms with Crippen LogP contribution in [0.5, 0.6) is 0 Å². The maximum absolute atomic E-state index is 13.9. The average Bonchev–Trinajstić information content (AvgIpc) is 3.27. The third-order valence-electron chi connectivity index (χ3n) is 7.88. The molecule has 0 amide bonds. The number of rotatable bonds is 5. The second kappa shape index (κ2) is 9.25. The number of halogens is 1. The third-order valence-corrected chi connectivity index (χ3v) is 9.61. The van der Waals surface area contributed by atoms with Crippen molar-refractivity contribution in [1.82, 2.24) is 20.0 Å². The van der Waals surface area contributed by atoms with Crippen LogP contribution in [0.1, 0.15) is 36.9 Å². The van der Waals surface area contributed by atoms with Gasteiger partial charge in [0.2, 0.25) is 9.84 Å². The number of aromatic nitrogens is 2. The number of nitrogens with zero attached hydrogens (tertiary/aromatic N) is 3. The predicted octanol–water partition coefficient (Wildman–Crippen LogP) is 4.25. The first-order valence-corrected chi connectivity index (χ1v) is 14.3. The highest BCUT2D eigenvalue weighted by Crippen LogP contribution is 2.45. The molecule has 1 atom stereocenters. The molecule has 1 aliphatic carbocycles. The van der Waals surface area contributed by atoms with E-state index in [4.69, 9.17) is 5.10 Å². The minimum atomic E-state index is -3.84. The predicted molar refractivity (Wildman–Crippen MR) is 137 cm³/mol. The number of fused-ring (bicyclic) bond motifs is 2. The van der Waals surface area contributed by atoms with E-state index < -0.39 is 9.84 Å². The molecule has 8 heteroatoms. The summed E-state index contributed by atoms with van der Waals surface area (Å²) < 4.78 is 43.1. The Balaban J connectivity index is 1.52. The van der Waals surface area contributed by atoms with E-state index in [1.54, 1.807) is 41.1 Å². The molecule has 2 aromatic carbocycles. The second-order valence-corrected chi connectivity index (χ2v) is 12.1. The van der Waals surface area contributed by atoms with Crippen LogP contribution in [0.4, 0.5) is 4.39 Å². The fourth-order valence-electron chi connectivity index (χ4n) is 6.06. The first-order chi connectivity index (χ1) is 17.5. The first kappa shape index (κ1) is 23.6. The van der Waals surface area contributed by atoms with Gasteiger partial charge in [-0.05, 0) is 87.8 Å². The molecule has 6 rings (SSSR count). The van der Waals surface area contributed by atoms with Gasteiger partial charge in [-0.15, -0.1) is 0 Å². The van der Waals surface area contributed by atoms with E-state index >= 15 is 0 Å². The summed E-state index contributed by atoms with van der Waals surface area (Å²) in [4.78, 5) is 2.78. The molecule has 1 unspecified atom stereocenters. The maximum atomic E-state index is 13.9. The van der Waals surface area contributed by atoms with Crippen molar-refractivity contribution < 1.29 is 12.8 Å². The van der Waals surface area contributed by atoms with E-state index in [2.05, 4.69) is 16.3 Å². The lowest BCUT2D eigenvalue weighted by Crippen LogP contribution is -2.52. The highest BCUT2D eigenvalue weighted by atomic mass is 32.2. The molecular weight excluding hydrogens is 475 g/mol. The molecule has 3 aliphatic rings. The molecule has 188 valence electrons. The first-order valence-electron chi connectivity index (χ1n) is 12.8. The fraction of sp³-hybridized carbons (Fsp3) is 0.393. The molecule has 36 heavy (non-hydrogen) atoms. The Bertz CT molecular complexity index is 1390. The van der Waals surface area contributed by atoms with Crippen LogP contribution in [0.15, 0.2) is 70.1 Å². The van der Waals surface area contributed by atoms with Crippen LogP contribution in [0.2, 0.25) is 0 Å². The van der Waals surface area contributed by atoms with E-state index in [0.29, 0.717) is 12.1 Å². The van der Waals surface area contributed by atoms with Gasteiger partial charge in [-0.1, -0.05) is 30.2 Å². The molecule has 0 radical (unpaired) electrons. The van der Waals surface area contributed by atoms with Crippen molar-refractivity contribution in [3.63, 3.8) is 0 Å². The lowest BCUT2D eigenvalue weighted by Gasteiger charge is -2.46. The van der Waals surface area contributed by atoms with Crippen LogP contribution in [-0.2, 0) is 16.3 Å². The largest absolute Gasteiger partial charge is 0.315 e. The Kier molecular flexibility index (Phi) is 6.06. The Morgan fingerprint density at radius 1 is 1.00 bits per heavy atom. The molecular formula is C28H31FN4O2S. The maximum Gasteiger partial charge on any atom is 0.225 e. The van der Waals surface area contributed by atoms with Crippen molar-refractivity contribution in [1.29, 1.82) is 0 Å². The summed E-state index contributed by atoms with van der Waals surface area (Å²) in [6, 6.07) is 14.6. The molecule has 0 saturated carbocycles. The highest BCUT2D eigenvalue weighted by molar-refractivity contribution is 7.91. The molecule has 2 aliphatic heterocycles. The summed E-state index contributed by atoms with van der Waals surface area (Å²) in [5, 5.41) is 8.40. The monoisotopic (exact) mass is 506 g/mol. The van der Waals surface area contributed by atoms with Crippen LogP contribution in [0, 0.1) is 11.2 Å². The number of nitrogens with one attached hydrogen (secondary N) is 1. The number of hydrogen-bond donors (Lipinski definition) is 1. The van der Waals surface area contributed by atoms with Gasteiger partial charge in [0.15, 0.2) is 5.03 Å². The van der Waals surface area contributed by atoms with E-state index in [0.717, 1.165) is 50.4 Å². The molecule has 0 spiro atoms. The van der Waals surface area contributed by atoms with Crippen LogP contribution in [0.3, 0.4) is 0 Å². The topological polar surface area (TPSA) is 67.2 Å². The van der Waals surface area contributed by atoms with Crippen LogP contribution in [-0.4, -0.2) is 55.8 Å². The van der Waals surface area contributed by atoms with Gasteiger partial charge in [-0.25, -0.2) is 17.5 Å². The standard InChI is InChI=1S/C28H31FN4O2S/c29-22-9-11-23(12-10-22)33-26-17-21-13-14-30-19-28(21,20-32-15-5-2-6-16-32)18-25(26)27(31-33)36(34,35)24-7-3-1-4-8-24/h1,3-4,7-12,17,30H,2,5-6,13-16,18-20H2. The Hall–Kier alpha value is -2.81. The van der Waals surface area contributed by atoms with Gasteiger partial charge in [0, 0.05) is 24.1 Å². The quantitative estimate of drug-likeness (QED) is 0.561. The Morgan fingerprint density at radius 2 is 1.75 bits per heavy atom. The summed E-state index contributed by atoms with van der Waals surface area (Å²) in [7, 11) is -3.84. The SMILES string of the molecule is O=S(=O)(c1ccccc1)c1nn(-c2ccc(F)cc2)c2c1CC1(CN3CCCCC3)CNCCC1=C2. The average molecular weight is 507 g/mol.